The lowest BCUT2D eigenvalue weighted by Gasteiger charge is -2.42. The Labute approximate surface area is 268 Å². The van der Waals surface area contributed by atoms with Gasteiger partial charge in [0, 0.05) is 50.3 Å². The molecule has 0 bridgehead atoms. The van der Waals surface area contributed by atoms with Crippen molar-refractivity contribution < 1.29 is 23.2 Å². The van der Waals surface area contributed by atoms with E-state index >= 15 is 0 Å². The van der Waals surface area contributed by atoms with Crippen molar-refractivity contribution in [3.05, 3.63) is 71.4 Å². The summed E-state index contributed by atoms with van der Waals surface area (Å²) in [6.45, 7) is 2.80. The standard InChI is InChI=1S/C32H32F2N10O3/c1-16-27-20(13-36-44(27)18-14-43(15-18)32(47)23-9-5-8-22(38-23)29(33)34)19-6-4-7-21(28(19)42(16)3)37-24-12-25(39-30(45)17-10-11-17)40-41-26(24)31(46)35-2/h4-9,12-13,16-18,29H,10-11,14-15H2,1-3H3,(H,35,46)(H2,37,39,40,45). The molecule has 13 nitrogen and oxygen atoms in total. The highest BCUT2D eigenvalue weighted by Crippen LogP contribution is 2.49. The molecule has 242 valence electrons. The summed E-state index contributed by atoms with van der Waals surface area (Å²) in [6.07, 6.45) is 0.740. The predicted molar refractivity (Wildman–Crippen MR) is 169 cm³/mol. The summed E-state index contributed by atoms with van der Waals surface area (Å²) in [5, 5.41) is 21.7. The van der Waals surface area contributed by atoms with Gasteiger partial charge in [-0.25, -0.2) is 13.8 Å². The SMILES string of the molecule is CNC(=O)c1nnc(NC(=O)C2CC2)cc1Nc1cccc2c1N(C)C(C)c1c-2cnn1C1CN(C(=O)c2cccc(C(F)F)n2)C1. The number of likely N-dealkylation sites (tertiary alicyclic amines) is 1. The minimum atomic E-state index is -2.75. The smallest absolute Gasteiger partial charge is 0.280 e. The lowest BCUT2D eigenvalue weighted by atomic mass is 9.93. The highest BCUT2D eigenvalue weighted by atomic mass is 19.3. The average molecular weight is 643 g/mol. The quantitative estimate of drug-likeness (QED) is 0.255. The average Bonchev–Trinajstić information content (AvgIpc) is 3.82. The van der Waals surface area contributed by atoms with Crippen LogP contribution < -0.4 is 20.9 Å². The first-order chi connectivity index (χ1) is 22.6. The van der Waals surface area contributed by atoms with Gasteiger partial charge in [0.1, 0.15) is 11.4 Å². The zero-order valence-corrected chi connectivity index (χ0v) is 25.9. The molecule has 5 heterocycles. The summed E-state index contributed by atoms with van der Waals surface area (Å²) in [6, 6.07) is 11.3. The molecule has 1 unspecified atom stereocenters. The minimum absolute atomic E-state index is 0.00723. The van der Waals surface area contributed by atoms with Gasteiger partial charge in [0.05, 0.1) is 41.0 Å². The van der Waals surface area contributed by atoms with Gasteiger partial charge >= 0.3 is 0 Å². The molecule has 1 atom stereocenters. The fourth-order valence-corrected chi connectivity index (χ4v) is 6.09. The van der Waals surface area contributed by atoms with Gasteiger partial charge in [-0.05, 0) is 38.0 Å². The van der Waals surface area contributed by atoms with Crippen LogP contribution >= 0.6 is 0 Å². The van der Waals surface area contributed by atoms with Crippen molar-refractivity contribution >= 4 is 40.6 Å². The first-order valence-electron chi connectivity index (χ1n) is 15.3. The van der Waals surface area contributed by atoms with E-state index in [1.165, 1.54) is 25.2 Å². The number of alkyl halides is 2. The van der Waals surface area contributed by atoms with E-state index in [4.69, 9.17) is 5.10 Å². The molecule has 0 radical (unpaired) electrons. The Morgan fingerprint density at radius 2 is 1.77 bits per heavy atom. The van der Waals surface area contributed by atoms with Gasteiger partial charge < -0.3 is 25.8 Å². The molecule has 0 spiro atoms. The van der Waals surface area contributed by atoms with E-state index in [1.807, 2.05) is 36.1 Å². The van der Waals surface area contributed by atoms with Crippen LogP contribution in [-0.4, -0.2) is 74.8 Å². The Morgan fingerprint density at radius 1 is 1.00 bits per heavy atom. The van der Waals surface area contributed by atoms with Gasteiger partial charge in [-0.2, -0.15) is 5.10 Å². The normalized spacial score (nSPS) is 17.1. The Kier molecular flexibility index (Phi) is 7.53. The van der Waals surface area contributed by atoms with Gasteiger partial charge in [-0.3, -0.25) is 19.1 Å². The van der Waals surface area contributed by atoms with Crippen molar-refractivity contribution in [3.8, 4) is 11.1 Å². The number of halogens is 2. The summed E-state index contributed by atoms with van der Waals surface area (Å²) in [5.74, 6) is -0.722. The first-order valence-corrected chi connectivity index (χ1v) is 15.3. The molecule has 3 amide bonds. The summed E-state index contributed by atoms with van der Waals surface area (Å²) in [7, 11) is 3.48. The number of carbonyl (C=O) groups excluding carboxylic acids is 3. The second kappa shape index (κ2) is 11.7. The fourth-order valence-electron chi connectivity index (χ4n) is 6.09. The maximum Gasteiger partial charge on any atom is 0.280 e. The van der Waals surface area contributed by atoms with Crippen LogP contribution in [-0.2, 0) is 4.79 Å². The van der Waals surface area contributed by atoms with Crippen molar-refractivity contribution in [2.45, 2.75) is 38.3 Å². The maximum absolute atomic E-state index is 13.1. The number of hydrogen-bond donors (Lipinski definition) is 3. The summed E-state index contributed by atoms with van der Waals surface area (Å²) in [4.78, 5) is 45.6. The molecule has 7 rings (SSSR count). The second-order valence-corrected chi connectivity index (χ2v) is 11.9. The maximum atomic E-state index is 13.1. The number of nitrogens with one attached hydrogen (secondary N) is 3. The van der Waals surface area contributed by atoms with Crippen LogP contribution in [0.1, 0.15) is 70.6 Å². The van der Waals surface area contributed by atoms with Gasteiger partial charge in [0.2, 0.25) is 5.91 Å². The van der Waals surface area contributed by atoms with Gasteiger partial charge in [-0.1, -0.05) is 18.2 Å². The minimum Gasteiger partial charge on any atom is -0.364 e. The Hall–Kier alpha value is -5.47. The molecule has 15 heteroatoms. The zero-order valence-electron chi connectivity index (χ0n) is 25.9. The van der Waals surface area contributed by atoms with E-state index in [0.717, 1.165) is 35.3 Å². The fraction of sp³-hybridized carbons (Fsp3) is 0.344. The number of amides is 3. The van der Waals surface area contributed by atoms with Crippen LogP contribution in [0.2, 0.25) is 0 Å². The number of benzene rings is 1. The van der Waals surface area contributed by atoms with Gasteiger partial charge in [-0.15, -0.1) is 10.2 Å². The third-order valence-corrected chi connectivity index (χ3v) is 8.90. The third kappa shape index (κ3) is 5.40. The molecule has 4 aromatic rings. The molecule has 3 aromatic heterocycles. The van der Waals surface area contributed by atoms with Crippen LogP contribution in [0.5, 0.6) is 0 Å². The molecular weight excluding hydrogens is 610 g/mol. The second-order valence-electron chi connectivity index (χ2n) is 11.9. The largest absolute Gasteiger partial charge is 0.364 e. The van der Waals surface area contributed by atoms with E-state index in [0.29, 0.717) is 24.5 Å². The van der Waals surface area contributed by atoms with Crippen molar-refractivity contribution in [2.24, 2.45) is 5.92 Å². The number of anilines is 4. The zero-order chi connectivity index (χ0) is 33.0. The van der Waals surface area contributed by atoms with Crippen molar-refractivity contribution in [3.63, 3.8) is 0 Å². The number of pyridine rings is 1. The highest BCUT2D eigenvalue weighted by Gasteiger charge is 2.39. The molecule has 3 N–H and O–H groups in total. The number of hydrogen-bond acceptors (Lipinski definition) is 9. The van der Waals surface area contributed by atoms with Crippen LogP contribution in [0.4, 0.5) is 31.7 Å². The van der Waals surface area contributed by atoms with Crippen LogP contribution in [0, 0.1) is 5.92 Å². The molecule has 1 saturated heterocycles. The van der Waals surface area contributed by atoms with E-state index < -0.39 is 23.9 Å². The number of rotatable bonds is 8. The van der Waals surface area contributed by atoms with Crippen LogP contribution in [0.15, 0.2) is 48.7 Å². The Bertz CT molecular complexity index is 1900. The molecule has 1 aromatic carbocycles. The van der Waals surface area contributed by atoms with Crippen LogP contribution in [0.25, 0.3) is 11.1 Å². The van der Waals surface area contributed by atoms with E-state index in [9.17, 15) is 23.2 Å². The summed E-state index contributed by atoms with van der Waals surface area (Å²) in [5.41, 5.74) is 4.46. The van der Waals surface area contributed by atoms with E-state index in [1.54, 1.807) is 11.0 Å². The molecule has 1 aliphatic carbocycles. The molecular formula is C32H32F2N10O3. The topological polar surface area (TPSA) is 150 Å². The first kappa shape index (κ1) is 30.2. The summed E-state index contributed by atoms with van der Waals surface area (Å²) >= 11 is 0. The van der Waals surface area contributed by atoms with E-state index in [-0.39, 0.29) is 41.1 Å². The summed E-state index contributed by atoms with van der Waals surface area (Å²) < 4.78 is 28.2. The number of para-hydroxylation sites is 1. The van der Waals surface area contributed by atoms with Crippen molar-refractivity contribution in [1.82, 2.24) is 35.2 Å². The van der Waals surface area contributed by atoms with Crippen LogP contribution in [0.3, 0.4) is 0 Å². The lowest BCUT2D eigenvalue weighted by molar-refractivity contribution is -0.117. The van der Waals surface area contributed by atoms with E-state index in [2.05, 4.69) is 43.0 Å². The molecule has 2 fully saturated rings. The third-order valence-electron chi connectivity index (χ3n) is 8.90. The number of aromatic nitrogens is 5. The predicted octanol–water partition coefficient (Wildman–Crippen LogP) is 4.33. The Morgan fingerprint density at radius 3 is 2.49 bits per heavy atom. The molecule has 47 heavy (non-hydrogen) atoms. The number of fused-ring (bicyclic) bond motifs is 3. The molecule has 2 aliphatic heterocycles. The van der Waals surface area contributed by atoms with Crippen molar-refractivity contribution in [1.29, 1.82) is 0 Å². The lowest BCUT2D eigenvalue weighted by Crippen LogP contribution is -2.52. The Balaban J connectivity index is 1.16. The monoisotopic (exact) mass is 642 g/mol. The molecule has 1 saturated carbocycles. The van der Waals surface area contributed by atoms with Gasteiger partial charge in [0.15, 0.2) is 11.5 Å². The number of nitrogens with zero attached hydrogens (tertiary/aromatic N) is 7. The van der Waals surface area contributed by atoms with Gasteiger partial charge in [0.25, 0.3) is 18.2 Å². The highest BCUT2D eigenvalue weighted by molar-refractivity contribution is 6.01. The van der Waals surface area contributed by atoms with Crippen molar-refractivity contribution in [2.75, 3.05) is 42.7 Å². The molecule has 3 aliphatic rings. The number of carbonyl (C=O) groups is 3.